The summed E-state index contributed by atoms with van der Waals surface area (Å²) in [6, 6.07) is 0. The minimum absolute atomic E-state index is 0.772. The first-order chi connectivity index (χ1) is 6.88. The van der Waals surface area contributed by atoms with E-state index < -0.39 is 0 Å². The van der Waals surface area contributed by atoms with E-state index in [2.05, 4.69) is 28.2 Å². The summed E-state index contributed by atoms with van der Waals surface area (Å²) in [6.07, 6.45) is 7.90. The summed E-state index contributed by atoms with van der Waals surface area (Å²) in [5.41, 5.74) is 1.34. The number of nitrogens with zero attached hydrogens (tertiary/aromatic N) is 2. The summed E-state index contributed by atoms with van der Waals surface area (Å²) >= 11 is 0. The molecular weight excluding hydrogens is 174 g/mol. The molecule has 0 amide bonds. The highest BCUT2D eigenvalue weighted by Gasteiger charge is 2.13. The van der Waals surface area contributed by atoms with Crippen LogP contribution >= 0.6 is 0 Å². The van der Waals surface area contributed by atoms with E-state index in [4.69, 9.17) is 0 Å². The zero-order valence-corrected chi connectivity index (χ0v) is 8.87. The standard InChI is InChI=1S/C11H19N3/c1-2-10-7-13-14(8-10)9-11-4-3-5-12-6-11/h7-8,11-12H,2-6,9H2,1H3. The molecule has 0 bridgehead atoms. The highest BCUT2D eigenvalue weighted by molar-refractivity contribution is 5.02. The fraction of sp³-hybridized carbons (Fsp3) is 0.727. The fourth-order valence-corrected chi connectivity index (χ4v) is 2.03. The molecular formula is C11H19N3. The lowest BCUT2D eigenvalue weighted by Crippen LogP contribution is -2.32. The molecule has 2 rings (SSSR count). The SMILES string of the molecule is CCc1cnn(CC2CCCNC2)c1. The third-order valence-electron chi connectivity index (χ3n) is 2.94. The van der Waals surface area contributed by atoms with E-state index >= 15 is 0 Å². The van der Waals surface area contributed by atoms with Gasteiger partial charge in [0.25, 0.3) is 0 Å². The van der Waals surface area contributed by atoms with Gasteiger partial charge in [-0.2, -0.15) is 5.10 Å². The Balaban J connectivity index is 1.89. The Kier molecular flexibility index (Phi) is 3.19. The van der Waals surface area contributed by atoms with Crippen molar-refractivity contribution in [2.45, 2.75) is 32.7 Å². The molecule has 1 atom stereocenters. The summed E-state index contributed by atoms with van der Waals surface area (Å²) in [7, 11) is 0. The van der Waals surface area contributed by atoms with Crippen molar-refractivity contribution < 1.29 is 0 Å². The maximum atomic E-state index is 4.37. The average molecular weight is 193 g/mol. The van der Waals surface area contributed by atoms with Crippen molar-refractivity contribution in [1.82, 2.24) is 15.1 Å². The van der Waals surface area contributed by atoms with Crippen LogP contribution in [-0.2, 0) is 13.0 Å². The average Bonchev–Trinajstić information content (AvgIpc) is 2.67. The smallest absolute Gasteiger partial charge is 0.0521 e. The van der Waals surface area contributed by atoms with Gasteiger partial charge in [0.2, 0.25) is 0 Å². The van der Waals surface area contributed by atoms with Gasteiger partial charge in [0.1, 0.15) is 0 Å². The monoisotopic (exact) mass is 193 g/mol. The second kappa shape index (κ2) is 4.60. The number of rotatable bonds is 3. The first-order valence-corrected chi connectivity index (χ1v) is 5.60. The number of aromatic nitrogens is 2. The Hall–Kier alpha value is -0.830. The van der Waals surface area contributed by atoms with Crippen LogP contribution < -0.4 is 5.32 Å². The number of aryl methyl sites for hydroxylation is 1. The van der Waals surface area contributed by atoms with Gasteiger partial charge < -0.3 is 5.32 Å². The van der Waals surface area contributed by atoms with E-state index in [0.717, 1.165) is 25.4 Å². The molecule has 0 saturated carbocycles. The van der Waals surface area contributed by atoms with Crippen molar-refractivity contribution in [2.24, 2.45) is 5.92 Å². The Morgan fingerprint density at radius 3 is 3.21 bits per heavy atom. The summed E-state index contributed by atoms with van der Waals surface area (Å²) in [5, 5.41) is 7.80. The first-order valence-electron chi connectivity index (χ1n) is 5.60. The van der Waals surface area contributed by atoms with Gasteiger partial charge in [0.15, 0.2) is 0 Å². The zero-order chi connectivity index (χ0) is 9.80. The summed E-state index contributed by atoms with van der Waals surface area (Å²) in [5.74, 6) is 0.772. The second-order valence-corrected chi connectivity index (χ2v) is 4.14. The molecule has 2 heterocycles. The largest absolute Gasteiger partial charge is 0.316 e. The molecule has 0 aliphatic carbocycles. The lowest BCUT2D eigenvalue weighted by molar-refractivity contribution is 0.325. The molecule has 1 aromatic heterocycles. The third-order valence-corrected chi connectivity index (χ3v) is 2.94. The van der Waals surface area contributed by atoms with Gasteiger partial charge in [-0.3, -0.25) is 4.68 Å². The zero-order valence-electron chi connectivity index (χ0n) is 8.87. The van der Waals surface area contributed by atoms with Crippen molar-refractivity contribution in [3.05, 3.63) is 18.0 Å². The normalized spacial score (nSPS) is 22.5. The van der Waals surface area contributed by atoms with Gasteiger partial charge >= 0.3 is 0 Å². The van der Waals surface area contributed by atoms with E-state index in [-0.39, 0.29) is 0 Å². The van der Waals surface area contributed by atoms with Gasteiger partial charge in [-0.05, 0) is 43.8 Å². The molecule has 1 saturated heterocycles. The highest BCUT2D eigenvalue weighted by Crippen LogP contribution is 2.12. The van der Waals surface area contributed by atoms with Gasteiger partial charge in [-0.15, -0.1) is 0 Å². The molecule has 0 spiro atoms. The molecule has 1 aliphatic heterocycles. The molecule has 0 radical (unpaired) electrons. The molecule has 1 N–H and O–H groups in total. The molecule has 3 heteroatoms. The molecule has 1 unspecified atom stereocenters. The number of hydrogen-bond acceptors (Lipinski definition) is 2. The van der Waals surface area contributed by atoms with Gasteiger partial charge in [0.05, 0.1) is 6.20 Å². The van der Waals surface area contributed by atoms with Gasteiger partial charge in [-0.25, -0.2) is 0 Å². The fourth-order valence-electron chi connectivity index (χ4n) is 2.03. The Morgan fingerprint density at radius 2 is 2.57 bits per heavy atom. The second-order valence-electron chi connectivity index (χ2n) is 4.14. The Bertz CT molecular complexity index is 274. The number of nitrogens with one attached hydrogen (secondary N) is 1. The van der Waals surface area contributed by atoms with E-state index in [1.807, 2.05) is 6.20 Å². The van der Waals surface area contributed by atoms with E-state index in [9.17, 15) is 0 Å². The summed E-state index contributed by atoms with van der Waals surface area (Å²) in [4.78, 5) is 0. The predicted octanol–water partition coefficient (Wildman–Crippen LogP) is 1.45. The predicted molar refractivity (Wildman–Crippen MR) is 57.2 cm³/mol. The van der Waals surface area contributed by atoms with Crippen LogP contribution in [0.4, 0.5) is 0 Å². The van der Waals surface area contributed by atoms with E-state index in [1.54, 1.807) is 0 Å². The van der Waals surface area contributed by atoms with Crippen LogP contribution in [0.2, 0.25) is 0 Å². The van der Waals surface area contributed by atoms with Gasteiger partial charge in [-0.1, -0.05) is 6.92 Å². The summed E-state index contributed by atoms with van der Waals surface area (Å²) in [6.45, 7) is 5.59. The minimum Gasteiger partial charge on any atom is -0.316 e. The molecule has 1 aliphatic rings. The van der Waals surface area contributed by atoms with Crippen LogP contribution in [0.25, 0.3) is 0 Å². The van der Waals surface area contributed by atoms with Crippen molar-refractivity contribution in [3.8, 4) is 0 Å². The Morgan fingerprint density at radius 1 is 1.64 bits per heavy atom. The topological polar surface area (TPSA) is 29.9 Å². The number of piperidine rings is 1. The Labute approximate surface area is 85.5 Å². The molecule has 78 valence electrons. The van der Waals surface area contributed by atoms with Crippen molar-refractivity contribution in [3.63, 3.8) is 0 Å². The maximum absolute atomic E-state index is 4.37. The van der Waals surface area contributed by atoms with E-state index in [0.29, 0.717) is 0 Å². The van der Waals surface area contributed by atoms with Crippen LogP contribution in [0.15, 0.2) is 12.4 Å². The van der Waals surface area contributed by atoms with E-state index in [1.165, 1.54) is 24.9 Å². The molecule has 3 nitrogen and oxygen atoms in total. The van der Waals surface area contributed by atoms with Crippen LogP contribution in [0.3, 0.4) is 0 Å². The molecule has 0 aromatic carbocycles. The lowest BCUT2D eigenvalue weighted by atomic mass is 10.00. The highest BCUT2D eigenvalue weighted by atomic mass is 15.3. The quantitative estimate of drug-likeness (QED) is 0.787. The van der Waals surface area contributed by atoms with Crippen LogP contribution in [0.5, 0.6) is 0 Å². The minimum atomic E-state index is 0.772. The van der Waals surface area contributed by atoms with Gasteiger partial charge in [0, 0.05) is 12.7 Å². The van der Waals surface area contributed by atoms with Crippen LogP contribution in [0, 0.1) is 5.92 Å². The lowest BCUT2D eigenvalue weighted by Gasteiger charge is -2.22. The molecule has 14 heavy (non-hydrogen) atoms. The van der Waals surface area contributed by atoms with Crippen LogP contribution in [-0.4, -0.2) is 22.9 Å². The summed E-state index contributed by atoms with van der Waals surface area (Å²) < 4.78 is 2.09. The molecule has 1 fully saturated rings. The number of hydrogen-bond donors (Lipinski definition) is 1. The third kappa shape index (κ3) is 2.35. The van der Waals surface area contributed by atoms with Crippen molar-refractivity contribution in [1.29, 1.82) is 0 Å². The van der Waals surface area contributed by atoms with Crippen LogP contribution in [0.1, 0.15) is 25.3 Å². The molecule has 1 aromatic rings. The van der Waals surface area contributed by atoms with Crippen molar-refractivity contribution >= 4 is 0 Å². The van der Waals surface area contributed by atoms with Crippen molar-refractivity contribution in [2.75, 3.05) is 13.1 Å². The maximum Gasteiger partial charge on any atom is 0.0521 e. The first kappa shape index (κ1) is 9.71.